The number of hydrogen-bond acceptors (Lipinski definition) is 3. The summed E-state index contributed by atoms with van der Waals surface area (Å²) in [4.78, 5) is 2.77. The Hall–Kier alpha value is -0.640. The lowest BCUT2D eigenvalue weighted by Gasteiger charge is -2.04. The molecule has 0 fully saturated rings. The zero-order valence-corrected chi connectivity index (χ0v) is 10.6. The van der Waals surface area contributed by atoms with Crippen LogP contribution in [0.25, 0.3) is 10.4 Å². The minimum absolute atomic E-state index is 0.553. The first-order valence-corrected chi connectivity index (χ1v) is 6.86. The molecule has 0 radical (unpaired) electrons. The van der Waals surface area contributed by atoms with Crippen molar-refractivity contribution in [2.45, 2.75) is 26.4 Å². The Labute approximate surface area is 98.8 Å². The Morgan fingerprint density at radius 2 is 2.20 bits per heavy atom. The molecule has 0 unspecified atom stereocenters. The van der Waals surface area contributed by atoms with Crippen LogP contribution in [0.1, 0.15) is 18.7 Å². The van der Waals surface area contributed by atoms with Crippen LogP contribution in [-0.2, 0) is 6.54 Å². The van der Waals surface area contributed by atoms with Gasteiger partial charge in [0.15, 0.2) is 0 Å². The maximum atomic E-state index is 3.43. The molecule has 0 amide bonds. The maximum absolute atomic E-state index is 3.43. The van der Waals surface area contributed by atoms with E-state index in [4.69, 9.17) is 0 Å². The molecule has 0 aliphatic heterocycles. The van der Waals surface area contributed by atoms with E-state index in [0.717, 1.165) is 6.54 Å². The molecule has 2 rings (SSSR count). The molecule has 3 heteroatoms. The molecule has 2 aromatic heterocycles. The molecule has 0 bridgehead atoms. The van der Waals surface area contributed by atoms with Crippen molar-refractivity contribution in [2.75, 3.05) is 0 Å². The Balaban J connectivity index is 2.04. The highest BCUT2D eigenvalue weighted by Gasteiger charge is 2.03. The van der Waals surface area contributed by atoms with Gasteiger partial charge in [0, 0.05) is 27.9 Å². The molecule has 0 aromatic carbocycles. The van der Waals surface area contributed by atoms with E-state index in [9.17, 15) is 0 Å². The van der Waals surface area contributed by atoms with Gasteiger partial charge in [-0.25, -0.2) is 0 Å². The SMILES string of the molecule is CC(C)NCc1cc(-c2cccs2)cs1. The van der Waals surface area contributed by atoms with Crippen LogP contribution in [0.2, 0.25) is 0 Å². The van der Waals surface area contributed by atoms with Crippen LogP contribution in [0, 0.1) is 0 Å². The van der Waals surface area contributed by atoms with Crippen LogP contribution < -0.4 is 5.32 Å². The van der Waals surface area contributed by atoms with Crippen LogP contribution in [0.4, 0.5) is 0 Å². The Morgan fingerprint density at radius 1 is 1.33 bits per heavy atom. The third-order valence-electron chi connectivity index (χ3n) is 2.14. The second-order valence-corrected chi connectivity index (χ2v) is 5.76. The minimum atomic E-state index is 0.553. The summed E-state index contributed by atoms with van der Waals surface area (Å²) >= 11 is 3.63. The topological polar surface area (TPSA) is 12.0 Å². The quantitative estimate of drug-likeness (QED) is 0.848. The van der Waals surface area contributed by atoms with E-state index in [2.05, 4.69) is 48.1 Å². The molecule has 0 spiro atoms. The van der Waals surface area contributed by atoms with Crippen molar-refractivity contribution in [3.63, 3.8) is 0 Å². The monoisotopic (exact) mass is 237 g/mol. The fraction of sp³-hybridized carbons (Fsp3) is 0.333. The van der Waals surface area contributed by atoms with Crippen LogP contribution in [0.3, 0.4) is 0 Å². The zero-order valence-electron chi connectivity index (χ0n) is 8.99. The molecular weight excluding hydrogens is 222 g/mol. The normalized spacial score (nSPS) is 11.1. The third-order valence-corrected chi connectivity index (χ3v) is 4.00. The molecule has 2 aromatic rings. The van der Waals surface area contributed by atoms with Gasteiger partial charge in [-0.1, -0.05) is 19.9 Å². The van der Waals surface area contributed by atoms with Crippen molar-refractivity contribution < 1.29 is 0 Å². The average Bonchev–Trinajstić information content (AvgIpc) is 2.85. The molecule has 15 heavy (non-hydrogen) atoms. The maximum Gasteiger partial charge on any atom is 0.0351 e. The highest BCUT2D eigenvalue weighted by atomic mass is 32.1. The number of hydrogen-bond donors (Lipinski definition) is 1. The average molecular weight is 237 g/mol. The van der Waals surface area contributed by atoms with Gasteiger partial charge in [0.05, 0.1) is 0 Å². The smallest absolute Gasteiger partial charge is 0.0351 e. The summed E-state index contributed by atoms with van der Waals surface area (Å²) in [5.41, 5.74) is 1.36. The molecule has 0 saturated heterocycles. The molecule has 0 atom stereocenters. The summed E-state index contributed by atoms with van der Waals surface area (Å²) in [7, 11) is 0. The van der Waals surface area contributed by atoms with Gasteiger partial charge in [-0.15, -0.1) is 22.7 Å². The predicted molar refractivity (Wildman–Crippen MR) is 69.6 cm³/mol. The van der Waals surface area contributed by atoms with E-state index < -0.39 is 0 Å². The van der Waals surface area contributed by atoms with E-state index >= 15 is 0 Å². The lowest BCUT2D eigenvalue weighted by molar-refractivity contribution is 0.593. The zero-order chi connectivity index (χ0) is 10.7. The van der Waals surface area contributed by atoms with Crippen molar-refractivity contribution in [3.8, 4) is 10.4 Å². The minimum Gasteiger partial charge on any atom is -0.310 e. The Kier molecular flexibility index (Phi) is 3.57. The summed E-state index contributed by atoms with van der Waals surface area (Å²) in [5, 5.41) is 7.80. The van der Waals surface area contributed by atoms with Gasteiger partial charge < -0.3 is 5.32 Å². The summed E-state index contributed by atoms with van der Waals surface area (Å²) in [6.45, 7) is 5.33. The number of nitrogens with one attached hydrogen (secondary N) is 1. The van der Waals surface area contributed by atoms with Crippen LogP contribution in [0.15, 0.2) is 29.0 Å². The predicted octanol–water partition coefficient (Wildman–Crippen LogP) is 3.97. The molecular formula is C12H15NS2. The fourth-order valence-corrected chi connectivity index (χ4v) is 2.97. The first kappa shape index (κ1) is 10.9. The Morgan fingerprint density at radius 3 is 2.87 bits per heavy atom. The van der Waals surface area contributed by atoms with Gasteiger partial charge in [0.2, 0.25) is 0 Å². The van der Waals surface area contributed by atoms with Crippen LogP contribution in [0.5, 0.6) is 0 Å². The summed E-state index contributed by atoms with van der Waals surface area (Å²) in [6.07, 6.45) is 0. The highest BCUT2D eigenvalue weighted by molar-refractivity contribution is 7.14. The summed E-state index contributed by atoms with van der Waals surface area (Å²) in [6, 6.07) is 7.11. The lowest BCUT2D eigenvalue weighted by Crippen LogP contribution is -2.21. The van der Waals surface area contributed by atoms with Crippen molar-refractivity contribution in [3.05, 3.63) is 33.8 Å². The molecule has 2 heterocycles. The molecule has 1 N–H and O–H groups in total. The van der Waals surface area contributed by atoms with Gasteiger partial charge in [-0.2, -0.15) is 0 Å². The van der Waals surface area contributed by atoms with Crippen molar-refractivity contribution >= 4 is 22.7 Å². The van der Waals surface area contributed by atoms with Gasteiger partial charge in [-0.3, -0.25) is 0 Å². The number of thiophene rings is 2. The second-order valence-electron chi connectivity index (χ2n) is 3.81. The van der Waals surface area contributed by atoms with E-state index in [0.29, 0.717) is 6.04 Å². The second kappa shape index (κ2) is 4.92. The molecule has 1 nitrogen and oxygen atoms in total. The molecule has 80 valence electrons. The van der Waals surface area contributed by atoms with E-state index in [1.54, 1.807) is 11.3 Å². The van der Waals surface area contributed by atoms with Crippen LogP contribution >= 0.6 is 22.7 Å². The van der Waals surface area contributed by atoms with Gasteiger partial charge in [0.25, 0.3) is 0 Å². The van der Waals surface area contributed by atoms with Gasteiger partial charge in [0.1, 0.15) is 0 Å². The highest BCUT2D eigenvalue weighted by Crippen LogP contribution is 2.29. The summed E-state index contributed by atoms with van der Waals surface area (Å²) in [5.74, 6) is 0. The molecule has 0 aliphatic carbocycles. The van der Waals surface area contributed by atoms with Crippen molar-refractivity contribution in [2.24, 2.45) is 0 Å². The fourth-order valence-electron chi connectivity index (χ4n) is 1.35. The van der Waals surface area contributed by atoms with Crippen LogP contribution in [-0.4, -0.2) is 6.04 Å². The van der Waals surface area contributed by atoms with Gasteiger partial charge >= 0.3 is 0 Å². The number of rotatable bonds is 4. The lowest BCUT2D eigenvalue weighted by atomic mass is 10.2. The Bertz CT molecular complexity index is 401. The van der Waals surface area contributed by atoms with E-state index in [1.807, 2.05) is 11.3 Å². The first-order valence-electron chi connectivity index (χ1n) is 5.10. The first-order chi connectivity index (χ1) is 7.25. The van der Waals surface area contributed by atoms with E-state index in [1.165, 1.54) is 15.3 Å². The summed E-state index contributed by atoms with van der Waals surface area (Å²) < 4.78 is 0. The largest absolute Gasteiger partial charge is 0.310 e. The molecule has 0 saturated carbocycles. The standard InChI is InChI=1S/C12H15NS2/c1-9(2)13-7-11-6-10(8-15-11)12-4-3-5-14-12/h3-6,8-9,13H,7H2,1-2H3. The molecule has 0 aliphatic rings. The van der Waals surface area contributed by atoms with Crippen molar-refractivity contribution in [1.29, 1.82) is 0 Å². The van der Waals surface area contributed by atoms with Crippen molar-refractivity contribution in [1.82, 2.24) is 5.32 Å². The third kappa shape index (κ3) is 2.91. The van der Waals surface area contributed by atoms with Gasteiger partial charge in [-0.05, 0) is 22.9 Å². The van der Waals surface area contributed by atoms with E-state index in [-0.39, 0.29) is 0 Å².